The molecule has 3 rings (SSSR count). The Bertz CT molecular complexity index is 491. The first-order chi connectivity index (χ1) is 9.15. The molecule has 1 aliphatic heterocycles. The number of rotatable bonds is 1. The van der Waals surface area contributed by atoms with Crippen LogP contribution in [0.4, 0.5) is 5.69 Å². The topological polar surface area (TPSA) is 59.2 Å². The van der Waals surface area contributed by atoms with Crippen LogP contribution in [0.2, 0.25) is 0 Å². The van der Waals surface area contributed by atoms with Gasteiger partial charge in [0.05, 0.1) is 11.3 Å². The standard InChI is InChI=1S/C14H18BrN3O/c15-13-12(16)5-11(6-17-13)14(19)18-7-9-3-1-2-4-10(9)8-18/h5-6,9-10H,1-4,7-8,16H2/t9-,10+. The lowest BCUT2D eigenvalue weighted by Crippen LogP contribution is -2.29. The number of amides is 1. The van der Waals surface area contributed by atoms with Crippen LogP contribution in [-0.2, 0) is 0 Å². The summed E-state index contributed by atoms with van der Waals surface area (Å²) in [6.07, 6.45) is 6.78. The Kier molecular flexibility index (Phi) is 3.48. The van der Waals surface area contributed by atoms with Crippen molar-refractivity contribution in [3.63, 3.8) is 0 Å². The van der Waals surface area contributed by atoms with Crippen LogP contribution in [0.25, 0.3) is 0 Å². The average Bonchev–Trinajstić information content (AvgIpc) is 2.85. The van der Waals surface area contributed by atoms with E-state index in [-0.39, 0.29) is 5.91 Å². The first-order valence-corrected chi connectivity index (χ1v) is 7.64. The van der Waals surface area contributed by atoms with Gasteiger partial charge in [-0.2, -0.15) is 0 Å². The lowest BCUT2D eigenvalue weighted by Gasteiger charge is -2.22. The number of nitrogen functional groups attached to an aromatic ring is 1. The van der Waals surface area contributed by atoms with Crippen LogP contribution >= 0.6 is 15.9 Å². The van der Waals surface area contributed by atoms with Gasteiger partial charge in [-0.25, -0.2) is 4.98 Å². The van der Waals surface area contributed by atoms with Gasteiger partial charge in [0.15, 0.2) is 0 Å². The second-order valence-electron chi connectivity index (χ2n) is 5.62. The molecule has 1 aliphatic carbocycles. The number of carbonyl (C=O) groups is 1. The number of likely N-dealkylation sites (tertiary alicyclic amines) is 1. The summed E-state index contributed by atoms with van der Waals surface area (Å²) in [6, 6.07) is 1.71. The molecule has 0 aromatic carbocycles. The summed E-state index contributed by atoms with van der Waals surface area (Å²) < 4.78 is 0.596. The van der Waals surface area contributed by atoms with Crippen molar-refractivity contribution in [2.75, 3.05) is 18.8 Å². The van der Waals surface area contributed by atoms with Crippen LogP contribution < -0.4 is 5.73 Å². The number of nitrogens with two attached hydrogens (primary N) is 1. The van der Waals surface area contributed by atoms with E-state index in [9.17, 15) is 4.79 Å². The number of hydrogen-bond acceptors (Lipinski definition) is 3. The molecule has 19 heavy (non-hydrogen) atoms. The third kappa shape index (κ3) is 2.48. The molecule has 1 saturated carbocycles. The Morgan fingerprint density at radius 3 is 2.53 bits per heavy atom. The predicted molar refractivity (Wildman–Crippen MR) is 77.7 cm³/mol. The second kappa shape index (κ2) is 5.12. The van der Waals surface area contributed by atoms with Crippen molar-refractivity contribution in [3.8, 4) is 0 Å². The maximum atomic E-state index is 12.5. The summed E-state index contributed by atoms with van der Waals surface area (Å²) in [4.78, 5) is 18.6. The molecule has 2 atom stereocenters. The van der Waals surface area contributed by atoms with Crippen LogP contribution in [0, 0.1) is 11.8 Å². The summed E-state index contributed by atoms with van der Waals surface area (Å²) >= 11 is 3.25. The number of carbonyl (C=O) groups excluding carboxylic acids is 1. The quantitative estimate of drug-likeness (QED) is 0.808. The van der Waals surface area contributed by atoms with E-state index < -0.39 is 0 Å². The molecular weight excluding hydrogens is 306 g/mol. The van der Waals surface area contributed by atoms with E-state index in [1.165, 1.54) is 25.7 Å². The zero-order chi connectivity index (χ0) is 13.4. The normalized spacial score (nSPS) is 26.3. The molecule has 102 valence electrons. The molecule has 0 bridgehead atoms. The number of hydrogen-bond donors (Lipinski definition) is 1. The minimum atomic E-state index is 0.0705. The van der Waals surface area contributed by atoms with Gasteiger partial charge in [-0.1, -0.05) is 12.8 Å². The highest BCUT2D eigenvalue weighted by atomic mass is 79.9. The third-order valence-corrected chi connectivity index (χ3v) is 5.04. The fourth-order valence-electron chi connectivity index (χ4n) is 3.34. The Balaban J connectivity index is 1.75. The molecule has 2 heterocycles. The number of fused-ring (bicyclic) bond motifs is 1. The monoisotopic (exact) mass is 323 g/mol. The summed E-state index contributed by atoms with van der Waals surface area (Å²) in [7, 11) is 0. The molecule has 0 radical (unpaired) electrons. The van der Waals surface area contributed by atoms with Crippen LogP contribution in [0.5, 0.6) is 0 Å². The number of aromatic nitrogens is 1. The second-order valence-corrected chi connectivity index (χ2v) is 6.37. The highest BCUT2D eigenvalue weighted by Gasteiger charge is 2.36. The Hall–Kier alpha value is -1.10. The van der Waals surface area contributed by atoms with Crippen LogP contribution in [0.3, 0.4) is 0 Å². The first-order valence-electron chi connectivity index (χ1n) is 6.85. The van der Waals surface area contributed by atoms with Crippen LogP contribution in [-0.4, -0.2) is 28.9 Å². The molecule has 4 nitrogen and oxygen atoms in total. The number of pyridine rings is 1. The highest BCUT2D eigenvalue weighted by molar-refractivity contribution is 9.10. The first kappa shape index (κ1) is 12.9. The van der Waals surface area contributed by atoms with Crippen LogP contribution in [0.1, 0.15) is 36.0 Å². The van der Waals surface area contributed by atoms with Crippen molar-refractivity contribution in [3.05, 3.63) is 22.4 Å². The summed E-state index contributed by atoms with van der Waals surface area (Å²) in [5.74, 6) is 1.48. The Morgan fingerprint density at radius 1 is 1.32 bits per heavy atom. The maximum Gasteiger partial charge on any atom is 0.255 e. The molecule has 2 N–H and O–H groups in total. The van der Waals surface area contributed by atoms with Crippen molar-refractivity contribution < 1.29 is 4.79 Å². The van der Waals surface area contributed by atoms with Gasteiger partial charge in [0, 0.05) is 19.3 Å². The molecule has 2 aliphatic rings. The molecule has 1 saturated heterocycles. The molecule has 0 unspecified atom stereocenters. The number of anilines is 1. The zero-order valence-electron chi connectivity index (χ0n) is 10.8. The van der Waals surface area contributed by atoms with Crippen molar-refractivity contribution in [2.24, 2.45) is 11.8 Å². The van der Waals surface area contributed by atoms with E-state index in [2.05, 4.69) is 20.9 Å². The average molecular weight is 324 g/mol. The van der Waals surface area contributed by atoms with E-state index in [1.807, 2.05) is 4.90 Å². The van der Waals surface area contributed by atoms with Gasteiger partial charge in [-0.3, -0.25) is 4.79 Å². The van der Waals surface area contributed by atoms with E-state index in [4.69, 9.17) is 5.73 Å². The molecule has 1 aromatic rings. The Morgan fingerprint density at radius 2 is 1.95 bits per heavy atom. The Labute approximate surface area is 121 Å². The van der Waals surface area contributed by atoms with E-state index in [0.717, 1.165) is 13.1 Å². The summed E-state index contributed by atoms with van der Waals surface area (Å²) in [6.45, 7) is 1.80. The van der Waals surface area contributed by atoms with Gasteiger partial charge in [-0.15, -0.1) is 0 Å². The highest BCUT2D eigenvalue weighted by Crippen LogP contribution is 2.36. The molecule has 5 heteroatoms. The molecule has 0 spiro atoms. The van der Waals surface area contributed by atoms with Crippen molar-refractivity contribution in [1.29, 1.82) is 0 Å². The molecular formula is C14H18BrN3O. The SMILES string of the molecule is Nc1cc(C(=O)N2C[C@H]3CCCC[C@H]3C2)cnc1Br. The van der Waals surface area contributed by atoms with E-state index in [0.29, 0.717) is 27.7 Å². The predicted octanol–water partition coefficient (Wildman–Crippen LogP) is 2.69. The smallest absolute Gasteiger partial charge is 0.255 e. The van der Waals surface area contributed by atoms with Gasteiger partial charge >= 0.3 is 0 Å². The maximum absolute atomic E-state index is 12.5. The summed E-state index contributed by atoms with van der Waals surface area (Å²) in [5, 5.41) is 0. The largest absolute Gasteiger partial charge is 0.397 e. The fourth-order valence-corrected chi connectivity index (χ4v) is 3.55. The van der Waals surface area contributed by atoms with Gasteiger partial charge in [-0.05, 0) is 46.7 Å². The van der Waals surface area contributed by atoms with E-state index >= 15 is 0 Å². The van der Waals surface area contributed by atoms with Crippen molar-refractivity contribution >= 4 is 27.5 Å². The lowest BCUT2D eigenvalue weighted by molar-refractivity contribution is 0.0783. The molecule has 1 amide bonds. The minimum Gasteiger partial charge on any atom is -0.397 e. The molecule has 2 fully saturated rings. The van der Waals surface area contributed by atoms with Gasteiger partial charge < -0.3 is 10.6 Å². The van der Waals surface area contributed by atoms with E-state index in [1.54, 1.807) is 12.3 Å². The van der Waals surface area contributed by atoms with Gasteiger partial charge in [0.1, 0.15) is 4.60 Å². The number of halogens is 1. The van der Waals surface area contributed by atoms with Crippen LogP contribution in [0.15, 0.2) is 16.9 Å². The zero-order valence-corrected chi connectivity index (χ0v) is 12.4. The van der Waals surface area contributed by atoms with Gasteiger partial charge in [0.2, 0.25) is 0 Å². The van der Waals surface area contributed by atoms with Crippen molar-refractivity contribution in [2.45, 2.75) is 25.7 Å². The third-order valence-electron chi connectivity index (χ3n) is 4.38. The molecule has 1 aromatic heterocycles. The fraction of sp³-hybridized carbons (Fsp3) is 0.571. The lowest BCUT2D eigenvalue weighted by atomic mass is 9.82. The van der Waals surface area contributed by atoms with Crippen molar-refractivity contribution in [1.82, 2.24) is 9.88 Å². The minimum absolute atomic E-state index is 0.0705. The van der Waals surface area contributed by atoms with Gasteiger partial charge in [0.25, 0.3) is 5.91 Å². The summed E-state index contributed by atoms with van der Waals surface area (Å²) in [5.41, 5.74) is 6.91. The number of nitrogens with zero attached hydrogens (tertiary/aromatic N) is 2.